The van der Waals surface area contributed by atoms with Crippen molar-refractivity contribution in [2.75, 3.05) is 20.3 Å². The molecule has 1 aliphatic rings. The second-order valence-corrected chi connectivity index (χ2v) is 7.71. The molecule has 164 valence electrons. The molecule has 0 bridgehead atoms. The van der Waals surface area contributed by atoms with E-state index in [4.69, 9.17) is 21.1 Å². The standard InChI is InChI=1S/C23H25ClN2O5/c1-30-20-10-2-16(3-11-20)14-26(19-8-9-19)21(27)15-31-22(28)12-13-25-23(29)17-4-6-18(24)7-5-17/h2-7,10-11,19H,8-9,12-15H2,1H3,(H,25,29). The van der Waals surface area contributed by atoms with E-state index in [1.807, 2.05) is 24.3 Å². The van der Waals surface area contributed by atoms with E-state index in [0.717, 1.165) is 24.2 Å². The van der Waals surface area contributed by atoms with Crippen molar-refractivity contribution in [3.63, 3.8) is 0 Å². The van der Waals surface area contributed by atoms with Crippen LogP contribution in [0.4, 0.5) is 0 Å². The molecule has 7 nitrogen and oxygen atoms in total. The maximum atomic E-state index is 12.6. The Bertz CT molecular complexity index is 911. The quantitative estimate of drug-likeness (QED) is 0.569. The van der Waals surface area contributed by atoms with Crippen LogP contribution in [0.25, 0.3) is 0 Å². The Balaban J connectivity index is 1.41. The van der Waals surface area contributed by atoms with E-state index >= 15 is 0 Å². The van der Waals surface area contributed by atoms with Gasteiger partial charge in [-0.1, -0.05) is 23.7 Å². The number of hydrogen-bond acceptors (Lipinski definition) is 5. The Kier molecular flexibility index (Phi) is 7.89. The lowest BCUT2D eigenvalue weighted by Crippen LogP contribution is -2.36. The number of esters is 1. The first-order valence-electron chi connectivity index (χ1n) is 10.1. The van der Waals surface area contributed by atoms with Gasteiger partial charge in [-0.3, -0.25) is 14.4 Å². The van der Waals surface area contributed by atoms with Crippen LogP contribution in [-0.2, 0) is 20.9 Å². The van der Waals surface area contributed by atoms with Crippen molar-refractivity contribution in [2.24, 2.45) is 0 Å². The van der Waals surface area contributed by atoms with E-state index in [2.05, 4.69) is 5.32 Å². The molecular formula is C23H25ClN2O5. The first-order chi connectivity index (χ1) is 15.0. The number of benzene rings is 2. The Labute approximate surface area is 186 Å². The number of halogens is 1. The van der Waals surface area contributed by atoms with E-state index in [9.17, 15) is 14.4 Å². The molecule has 0 unspecified atom stereocenters. The summed E-state index contributed by atoms with van der Waals surface area (Å²) in [5.41, 5.74) is 1.43. The van der Waals surface area contributed by atoms with Crippen LogP contribution in [0.3, 0.4) is 0 Å². The van der Waals surface area contributed by atoms with E-state index in [1.165, 1.54) is 0 Å². The van der Waals surface area contributed by atoms with Crippen molar-refractivity contribution in [3.05, 3.63) is 64.7 Å². The molecule has 0 aromatic heterocycles. The van der Waals surface area contributed by atoms with Gasteiger partial charge in [0.25, 0.3) is 11.8 Å². The van der Waals surface area contributed by atoms with Gasteiger partial charge < -0.3 is 19.7 Å². The molecule has 0 radical (unpaired) electrons. The second-order valence-electron chi connectivity index (χ2n) is 7.27. The zero-order valence-electron chi connectivity index (χ0n) is 17.3. The molecule has 1 fully saturated rings. The van der Waals surface area contributed by atoms with Gasteiger partial charge >= 0.3 is 5.97 Å². The normalized spacial score (nSPS) is 12.7. The summed E-state index contributed by atoms with van der Waals surface area (Å²) in [6, 6.07) is 14.2. The molecular weight excluding hydrogens is 420 g/mol. The summed E-state index contributed by atoms with van der Waals surface area (Å²) in [6.07, 6.45) is 1.88. The topological polar surface area (TPSA) is 84.9 Å². The molecule has 1 saturated carbocycles. The molecule has 1 aliphatic carbocycles. The number of carbonyl (C=O) groups is 3. The highest BCUT2D eigenvalue weighted by atomic mass is 35.5. The van der Waals surface area contributed by atoms with Gasteiger partial charge in [0.15, 0.2) is 6.61 Å². The average Bonchev–Trinajstić information content (AvgIpc) is 3.62. The van der Waals surface area contributed by atoms with Gasteiger partial charge in [-0.2, -0.15) is 0 Å². The molecule has 3 rings (SSSR count). The lowest BCUT2D eigenvalue weighted by molar-refractivity contribution is -0.152. The largest absolute Gasteiger partial charge is 0.497 e. The van der Waals surface area contributed by atoms with E-state index < -0.39 is 5.97 Å². The molecule has 0 atom stereocenters. The van der Waals surface area contributed by atoms with Gasteiger partial charge in [0.1, 0.15) is 5.75 Å². The molecule has 31 heavy (non-hydrogen) atoms. The van der Waals surface area contributed by atoms with Crippen LogP contribution in [0, 0.1) is 0 Å². The molecule has 2 aromatic carbocycles. The van der Waals surface area contributed by atoms with Gasteiger partial charge in [0.2, 0.25) is 0 Å². The van der Waals surface area contributed by atoms with Gasteiger partial charge in [-0.15, -0.1) is 0 Å². The summed E-state index contributed by atoms with van der Waals surface area (Å²) in [4.78, 5) is 38.3. The minimum atomic E-state index is -0.537. The highest BCUT2D eigenvalue weighted by molar-refractivity contribution is 6.30. The van der Waals surface area contributed by atoms with Crippen LogP contribution in [0.1, 0.15) is 35.2 Å². The molecule has 0 saturated heterocycles. The van der Waals surface area contributed by atoms with Crippen molar-refractivity contribution < 1.29 is 23.9 Å². The van der Waals surface area contributed by atoms with Crippen LogP contribution in [-0.4, -0.2) is 49.0 Å². The predicted octanol–water partition coefficient (Wildman–Crippen LogP) is 3.20. The summed E-state index contributed by atoms with van der Waals surface area (Å²) >= 11 is 5.80. The first-order valence-corrected chi connectivity index (χ1v) is 10.5. The van der Waals surface area contributed by atoms with Gasteiger partial charge in [0, 0.05) is 29.7 Å². The number of hydrogen-bond donors (Lipinski definition) is 1. The highest BCUT2D eigenvalue weighted by Gasteiger charge is 2.32. The second kappa shape index (κ2) is 10.8. The van der Waals surface area contributed by atoms with Crippen molar-refractivity contribution >= 4 is 29.4 Å². The molecule has 0 spiro atoms. The fraction of sp³-hybridized carbons (Fsp3) is 0.348. The number of nitrogens with zero attached hydrogens (tertiary/aromatic N) is 1. The minimum Gasteiger partial charge on any atom is -0.497 e. The Morgan fingerprint density at radius 2 is 1.74 bits per heavy atom. The zero-order chi connectivity index (χ0) is 22.2. The number of carbonyl (C=O) groups excluding carboxylic acids is 3. The van der Waals surface area contributed by atoms with E-state index in [0.29, 0.717) is 17.1 Å². The monoisotopic (exact) mass is 444 g/mol. The number of rotatable bonds is 10. The van der Waals surface area contributed by atoms with E-state index in [-0.39, 0.29) is 37.4 Å². The fourth-order valence-corrected chi connectivity index (χ4v) is 3.14. The minimum absolute atomic E-state index is 0.0193. The first kappa shape index (κ1) is 22.6. The number of methoxy groups -OCH3 is 1. The van der Waals surface area contributed by atoms with Crippen LogP contribution in [0.15, 0.2) is 48.5 Å². The van der Waals surface area contributed by atoms with Gasteiger partial charge in [-0.05, 0) is 54.8 Å². The predicted molar refractivity (Wildman–Crippen MR) is 116 cm³/mol. The zero-order valence-corrected chi connectivity index (χ0v) is 18.1. The Hall–Kier alpha value is -3.06. The van der Waals surface area contributed by atoms with E-state index in [1.54, 1.807) is 36.3 Å². The number of nitrogens with one attached hydrogen (secondary N) is 1. The Morgan fingerprint density at radius 1 is 1.06 bits per heavy atom. The van der Waals surface area contributed by atoms with Crippen molar-refractivity contribution in [1.29, 1.82) is 0 Å². The smallest absolute Gasteiger partial charge is 0.308 e. The third-order valence-electron chi connectivity index (χ3n) is 4.90. The van der Waals surface area contributed by atoms with Crippen LogP contribution < -0.4 is 10.1 Å². The lowest BCUT2D eigenvalue weighted by atomic mass is 10.2. The average molecular weight is 445 g/mol. The molecule has 0 heterocycles. The maximum absolute atomic E-state index is 12.6. The summed E-state index contributed by atoms with van der Waals surface area (Å²) in [5, 5.41) is 3.18. The fourth-order valence-electron chi connectivity index (χ4n) is 3.01. The summed E-state index contributed by atoms with van der Waals surface area (Å²) in [5.74, 6) is -0.313. The van der Waals surface area contributed by atoms with Crippen molar-refractivity contribution in [2.45, 2.75) is 31.8 Å². The highest BCUT2D eigenvalue weighted by Crippen LogP contribution is 2.28. The Morgan fingerprint density at radius 3 is 2.35 bits per heavy atom. The molecule has 2 amide bonds. The summed E-state index contributed by atoms with van der Waals surface area (Å²) < 4.78 is 10.3. The summed E-state index contributed by atoms with van der Waals surface area (Å²) in [6.45, 7) is 0.269. The lowest BCUT2D eigenvalue weighted by Gasteiger charge is -2.22. The number of ether oxygens (including phenoxy) is 2. The molecule has 2 aromatic rings. The van der Waals surface area contributed by atoms with Crippen LogP contribution in [0.2, 0.25) is 5.02 Å². The third kappa shape index (κ3) is 7.00. The molecule has 8 heteroatoms. The van der Waals surface area contributed by atoms with Crippen molar-refractivity contribution in [1.82, 2.24) is 10.2 Å². The molecule has 1 N–H and O–H groups in total. The number of amides is 2. The van der Waals surface area contributed by atoms with Crippen molar-refractivity contribution in [3.8, 4) is 5.75 Å². The van der Waals surface area contributed by atoms with Gasteiger partial charge in [0.05, 0.1) is 13.5 Å². The van der Waals surface area contributed by atoms with Crippen LogP contribution >= 0.6 is 11.6 Å². The van der Waals surface area contributed by atoms with Crippen LogP contribution in [0.5, 0.6) is 5.75 Å². The SMILES string of the molecule is COc1ccc(CN(C(=O)COC(=O)CCNC(=O)c2ccc(Cl)cc2)C2CC2)cc1. The van der Waals surface area contributed by atoms with Gasteiger partial charge in [-0.25, -0.2) is 0 Å². The molecule has 0 aliphatic heterocycles. The maximum Gasteiger partial charge on any atom is 0.308 e. The summed E-state index contributed by atoms with van der Waals surface area (Å²) in [7, 11) is 1.60. The third-order valence-corrected chi connectivity index (χ3v) is 5.15.